The summed E-state index contributed by atoms with van der Waals surface area (Å²) in [5.41, 5.74) is 0. The number of nitrogens with zero attached hydrogens (tertiary/aromatic N) is 3. The van der Waals surface area contributed by atoms with Crippen LogP contribution < -0.4 is 14.8 Å². The van der Waals surface area contributed by atoms with Crippen LogP contribution in [0.15, 0.2) is 28.6 Å². The molecule has 4 rings (SSSR count). The van der Waals surface area contributed by atoms with Gasteiger partial charge in [-0.3, -0.25) is 4.79 Å². The number of hydrogen-bond acceptors (Lipinski definition) is 8. The maximum atomic E-state index is 12.4. The van der Waals surface area contributed by atoms with Crippen molar-refractivity contribution in [2.45, 2.75) is 29.3 Å². The van der Waals surface area contributed by atoms with Crippen LogP contribution in [0.3, 0.4) is 0 Å². The quantitative estimate of drug-likeness (QED) is 0.726. The molecule has 2 aromatic rings. The summed E-state index contributed by atoms with van der Waals surface area (Å²) < 4.78 is 12.4. The van der Waals surface area contributed by atoms with Crippen LogP contribution >= 0.6 is 23.1 Å². The smallest absolute Gasteiger partial charge is 0.232 e. The standard InChI is InChI=1S/C17H20N4O3S2/c1-21(8-12-9-23-13-4-2-3-5-14(13)24-12)15(22)10-25-17-20-19-16(26-17)18-11-6-7-11/h2-5,11-12H,6-10H2,1H3,(H,18,19). The number of rotatable bonds is 7. The molecule has 1 aromatic carbocycles. The van der Waals surface area contributed by atoms with Gasteiger partial charge in [0.1, 0.15) is 6.61 Å². The Hall–Kier alpha value is -2.00. The normalized spacial score (nSPS) is 18.4. The first-order chi connectivity index (χ1) is 12.7. The van der Waals surface area contributed by atoms with Gasteiger partial charge in [-0.05, 0) is 25.0 Å². The van der Waals surface area contributed by atoms with E-state index in [-0.39, 0.29) is 12.0 Å². The molecule has 1 aliphatic heterocycles. The molecule has 1 N–H and O–H groups in total. The van der Waals surface area contributed by atoms with Gasteiger partial charge >= 0.3 is 0 Å². The zero-order valence-corrected chi connectivity index (χ0v) is 16.0. The van der Waals surface area contributed by atoms with Crippen LogP contribution in [0.5, 0.6) is 11.5 Å². The first-order valence-corrected chi connectivity index (χ1v) is 10.3. The van der Waals surface area contributed by atoms with Crippen molar-refractivity contribution in [3.05, 3.63) is 24.3 Å². The molecule has 0 saturated heterocycles. The van der Waals surface area contributed by atoms with E-state index in [9.17, 15) is 4.79 Å². The molecular weight excluding hydrogens is 372 g/mol. The summed E-state index contributed by atoms with van der Waals surface area (Å²) in [6.07, 6.45) is 2.23. The Balaban J connectivity index is 1.23. The highest BCUT2D eigenvalue weighted by molar-refractivity contribution is 8.01. The average Bonchev–Trinajstić information content (AvgIpc) is 3.35. The molecule has 2 aliphatic rings. The fourth-order valence-electron chi connectivity index (χ4n) is 2.52. The van der Waals surface area contributed by atoms with E-state index < -0.39 is 0 Å². The molecule has 0 bridgehead atoms. The Morgan fingerprint density at radius 2 is 2.15 bits per heavy atom. The maximum Gasteiger partial charge on any atom is 0.232 e. The number of anilines is 1. The van der Waals surface area contributed by atoms with E-state index in [0.717, 1.165) is 21.0 Å². The number of para-hydroxylation sites is 2. The zero-order valence-electron chi connectivity index (χ0n) is 14.4. The van der Waals surface area contributed by atoms with E-state index in [1.165, 1.54) is 35.9 Å². The number of amides is 1. The van der Waals surface area contributed by atoms with Gasteiger partial charge < -0.3 is 19.7 Å². The molecule has 7 nitrogen and oxygen atoms in total. The summed E-state index contributed by atoms with van der Waals surface area (Å²) in [5, 5.41) is 12.4. The van der Waals surface area contributed by atoms with Crippen molar-refractivity contribution >= 4 is 34.1 Å². The lowest BCUT2D eigenvalue weighted by Gasteiger charge is -2.29. The van der Waals surface area contributed by atoms with Crippen molar-refractivity contribution < 1.29 is 14.3 Å². The Morgan fingerprint density at radius 1 is 1.35 bits per heavy atom. The molecule has 1 atom stereocenters. The molecule has 1 unspecified atom stereocenters. The van der Waals surface area contributed by atoms with Crippen LogP contribution in [0.4, 0.5) is 5.13 Å². The molecule has 0 spiro atoms. The third kappa shape index (κ3) is 4.39. The number of hydrogen-bond donors (Lipinski definition) is 1. The van der Waals surface area contributed by atoms with Crippen molar-refractivity contribution in [2.24, 2.45) is 0 Å². The topological polar surface area (TPSA) is 76.6 Å². The van der Waals surface area contributed by atoms with Crippen LogP contribution in [0.2, 0.25) is 0 Å². The number of nitrogens with one attached hydrogen (secondary N) is 1. The summed E-state index contributed by atoms with van der Waals surface area (Å²) in [6, 6.07) is 8.13. The van der Waals surface area contributed by atoms with Crippen molar-refractivity contribution in [1.82, 2.24) is 15.1 Å². The van der Waals surface area contributed by atoms with Crippen LogP contribution in [0.1, 0.15) is 12.8 Å². The summed E-state index contributed by atoms with van der Waals surface area (Å²) in [7, 11) is 1.78. The first-order valence-electron chi connectivity index (χ1n) is 8.52. The molecule has 1 amide bonds. The average molecular weight is 393 g/mol. The van der Waals surface area contributed by atoms with Crippen molar-refractivity contribution in [3.8, 4) is 11.5 Å². The lowest BCUT2D eigenvalue weighted by Crippen LogP contribution is -2.42. The lowest BCUT2D eigenvalue weighted by molar-refractivity contribution is -0.128. The Labute approximate surface area is 160 Å². The maximum absolute atomic E-state index is 12.4. The second-order valence-corrected chi connectivity index (χ2v) is 8.55. The number of ether oxygens (including phenoxy) is 2. The van der Waals surface area contributed by atoms with Gasteiger partial charge in [-0.15, -0.1) is 10.2 Å². The van der Waals surface area contributed by atoms with E-state index in [1.807, 2.05) is 24.3 Å². The number of carbonyl (C=O) groups excluding carboxylic acids is 1. The fraction of sp³-hybridized carbons (Fsp3) is 0.471. The lowest BCUT2D eigenvalue weighted by atomic mass is 10.2. The number of carbonyl (C=O) groups is 1. The third-order valence-corrected chi connectivity index (χ3v) is 6.07. The molecule has 0 radical (unpaired) electrons. The van der Waals surface area contributed by atoms with Crippen molar-refractivity contribution in [3.63, 3.8) is 0 Å². The van der Waals surface area contributed by atoms with Gasteiger partial charge in [0.05, 0.1) is 12.3 Å². The monoisotopic (exact) mass is 392 g/mol. The van der Waals surface area contributed by atoms with E-state index in [1.54, 1.807) is 11.9 Å². The van der Waals surface area contributed by atoms with Crippen LogP contribution in [0, 0.1) is 0 Å². The summed E-state index contributed by atoms with van der Waals surface area (Å²) in [6.45, 7) is 0.923. The second-order valence-electron chi connectivity index (χ2n) is 6.35. The number of thioether (sulfide) groups is 1. The minimum Gasteiger partial charge on any atom is -0.486 e. The van der Waals surface area contributed by atoms with E-state index >= 15 is 0 Å². The largest absolute Gasteiger partial charge is 0.486 e. The van der Waals surface area contributed by atoms with Crippen molar-refractivity contribution in [1.29, 1.82) is 0 Å². The van der Waals surface area contributed by atoms with E-state index in [0.29, 0.717) is 24.9 Å². The van der Waals surface area contributed by atoms with Crippen molar-refractivity contribution in [2.75, 3.05) is 31.3 Å². The molecule has 1 fully saturated rings. The Bertz CT molecular complexity index is 781. The van der Waals surface area contributed by atoms with Crippen LogP contribution in [-0.4, -0.2) is 59.1 Å². The van der Waals surface area contributed by atoms with Gasteiger partial charge in [0.25, 0.3) is 0 Å². The van der Waals surface area contributed by atoms with E-state index in [2.05, 4.69) is 15.5 Å². The Morgan fingerprint density at radius 3 is 2.96 bits per heavy atom. The molecule has 26 heavy (non-hydrogen) atoms. The minimum absolute atomic E-state index is 0.0318. The number of fused-ring (bicyclic) bond motifs is 1. The fourth-order valence-corrected chi connectivity index (χ4v) is 4.29. The minimum atomic E-state index is -0.167. The molecule has 1 saturated carbocycles. The predicted octanol–water partition coefficient (Wildman–Crippen LogP) is 2.50. The van der Waals surface area contributed by atoms with Gasteiger partial charge in [-0.2, -0.15) is 0 Å². The highest BCUT2D eigenvalue weighted by Gasteiger charge is 2.24. The summed E-state index contributed by atoms with van der Waals surface area (Å²) >= 11 is 2.91. The third-order valence-electron chi connectivity index (χ3n) is 4.10. The van der Waals surface area contributed by atoms with Gasteiger partial charge in [-0.25, -0.2) is 0 Å². The zero-order chi connectivity index (χ0) is 17.9. The number of benzene rings is 1. The number of aromatic nitrogens is 2. The summed E-state index contributed by atoms with van der Waals surface area (Å²) in [5.74, 6) is 1.84. The molecule has 138 valence electrons. The van der Waals surface area contributed by atoms with E-state index in [4.69, 9.17) is 9.47 Å². The molecule has 9 heteroatoms. The highest BCUT2D eigenvalue weighted by atomic mass is 32.2. The van der Waals surface area contributed by atoms with Gasteiger partial charge in [0, 0.05) is 13.1 Å². The highest BCUT2D eigenvalue weighted by Crippen LogP contribution is 2.32. The molecule has 1 aromatic heterocycles. The predicted molar refractivity (Wildman–Crippen MR) is 101 cm³/mol. The van der Waals surface area contributed by atoms with Gasteiger partial charge in [0.2, 0.25) is 11.0 Å². The number of likely N-dealkylation sites (N-methyl/N-ethyl adjacent to an activating group) is 1. The molecular formula is C17H20N4O3S2. The van der Waals surface area contributed by atoms with Gasteiger partial charge in [-0.1, -0.05) is 35.2 Å². The first kappa shape index (κ1) is 17.4. The molecule has 2 heterocycles. The summed E-state index contributed by atoms with van der Waals surface area (Å²) in [4.78, 5) is 14.1. The SMILES string of the molecule is CN(CC1COc2ccccc2O1)C(=O)CSc1nnc(NC2CC2)s1. The second kappa shape index (κ2) is 7.71. The van der Waals surface area contributed by atoms with Crippen LogP contribution in [0.25, 0.3) is 0 Å². The Kier molecular flexibility index (Phi) is 5.16. The van der Waals surface area contributed by atoms with Crippen LogP contribution in [-0.2, 0) is 4.79 Å². The molecule has 1 aliphatic carbocycles. The van der Waals surface area contributed by atoms with Gasteiger partial charge in [0.15, 0.2) is 21.9 Å².